The lowest BCUT2D eigenvalue weighted by molar-refractivity contribution is 0.0630. The molecule has 2 aliphatic heterocycles. The highest BCUT2D eigenvalue weighted by atomic mass is 16.5. The number of hydrogen-bond donors (Lipinski definition) is 1. The van der Waals surface area contributed by atoms with E-state index in [1.54, 1.807) is 0 Å². The van der Waals surface area contributed by atoms with E-state index in [1.807, 2.05) is 0 Å². The van der Waals surface area contributed by atoms with Crippen molar-refractivity contribution in [2.24, 2.45) is 5.41 Å². The average Bonchev–Trinajstić information content (AvgIpc) is 2.38. The van der Waals surface area contributed by atoms with Gasteiger partial charge in [0.05, 0.1) is 0 Å². The Morgan fingerprint density at radius 2 is 1.83 bits per heavy atom. The van der Waals surface area contributed by atoms with Crippen molar-refractivity contribution >= 4 is 0 Å². The van der Waals surface area contributed by atoms with E-state index in [4.69, 9.17) is 4.74 Å². The average molecular weight is 254 g/mol. The van der Waals surface area contributed by atoms with Crippen molar-refractivity contribution in [2.45, 2.75) is 58.5 Å². The van der Waals surface area contributed by atoms with Crippen molar-refractivity contribution in [3.63, 3.8) is 0 Å². The third-order valence-electron chi connectivity index (χ3n) is 4.77. The highest BCUT2D eigenvalue weighted by molar-refractivity contribution is 4.86. The quantitative estimate of drug-likeness (QED) is 0.833. The first-order valence-electron chi connectivity index (χ1n) is 7.64. The van der Waals surface area contributed by atoms with Crippen LogP contribution >= 0.6 is 0 Å². The molecule has 0 amide bonds. The van der Waals surface area contributed by atoms with Gasteiger partial charge in [-0.25, -0.2) is 0 Å². The normalized spacial score (nSPS) is 26.7. The van der Waals surface area contributed by atoms with Crippen molar-refractivity contribution in [1.82, 2.24) is 10.2 Å². The fraction of sp³-hybridized carbons (Fsp3) is 1.00. The highest BCUT2D eigenvalue weighted by Gasteiger charge is 2.31. The van der Waals surface area contributed by atoms with E-state index < -0.39 is 0 Å². The van der Waals surface area contributed by atoms with Crippen molar-refractivity contribution < 1.29 is 4.74 Å². The standard InChI is InChI=1S/C15H30N2O/c1-13(2)17-8-6-15(3,7-9-17)12-16-14-4-10-18-11-5-14/h13-14,16H,4-12H2,1-3H3. The zero-order valence-electron chi connectivity index (χ0n) is 12.4. The summed E-state index contributed by atoms with van der Waals surface area (Å²) in [5.41, 5.74) is 0.504. The first-order chi connectivity index (χ1) is 8.59. The number of hydrogen-bond acceptors (Lipinski definition) is 3. The summed E-state index contributed by atoms with van der Waals surface area (Å²) in [5, 5.41) is 3.78. The zero-order chi connectivity index (χ0) is 13.0. The van der Waals surface area contributed by atoms with Gasteiger partial charge >= 0.3 is 0 Å². The lowest BCUT2D eigenvalue weighted by Crippen LogP contribution is -2.48. The van der Waals surface area contributed by atoms with Crippen LogP contribution in [-0.4, -0.2) is 49.8 Å². The van der Waals surface area contributed by atoms with E-state index in [0.29, 0.717) is 17.5 Å². The second-order valence-electron chi connectivity index (χ2n) is 6.71. The topological polar surface area (TPSA) is 24.5 Å². The molecule has 2 saturated heterocycles. The Morgan fingerprint density at radius 1 is 1.22 bits per heavy atom. The van der Waals surface area contributed by atoms with Crippen LogP contribution in [0.2, 0.25) is 0 Å². The molecule has 2 rings (SSSR count). The Hall–Kier alpha value is -0.120. The molecule has 0 radical (unpaired) electrons. The van der Waals surface area contributed by atoms with Crippen LogP contribution in [-0.2, 0) is 4.74 Å². The molecular formula is C15H30N2O. The van der Waals surface area contributed by atoms with Crippen molar-refractivity contribution in [2.75, 3.05) is 32.8 Å². The molecule has 0 aromatic heterocycles. The fourth-order valence-corrected chi connectivity index (χ4v) is 3.05. The van der Waals surface area contributed by atoms with Crippen LogP contribution in [0.5, 0.6) is 0 Å². The number of likely N-dealkylation sites (tertiary alicyclic amines) is 1. The second-order valence-corrected chi connectivity index (χ2v) is 6.71. The van der Waals surface area contributed by atoms with Gasteiger partial charge in [0.2, 0.25) is 0 Å². The third-order valence-corrected chi connectivity index (χ3v) is 4.77. The minimum absolute atomic E-state index is 0.504. The molecule has 2 aliphatic rings. The molecule has 2 heterocycles. The Kier molecular flexibility index (Phi) is 5.05. The van der Waals surface area contributed by atoms with Gasteiger partial charge in [-0.1, -0.05) is 6.92 Å². The molecule has 0 aliphatic carbocycles. The molecule has 0 spiro atoms. The number of nitrogens with one attached hydrogen (secondary N) is 1. The summed E-state index contributed by atoms with van der Waals surface area (Å²) < 4.78 is 5.41. The maximum atomic E-state index is 5.41. The summed E-state index contributed by atoms with van der Waals surface area (Å²) in [7, 11) is 0. The summed E-state index contributed by atoms with van der Waals surface area (Å²) in [6.07, 6.45) is 5.05. The summed E-state index contributed by atoms with van der Waals surface area (Å²) >= 11 is 0. The Labute approximate surface area is 112 Å². The minimum atomic E-state index is 0.504. The molecule has 0 bridgehead atoms. The predicted octanol–water partition coefficient (Wildman–Crippen LogP) is 2.27. The minimum Gasteiger partial charge on any atom is -0.381 e. The first kappa shape index (κ1) is 14.3. The van der Waals surface area contributed by atoms with E-state index in [9.17, 15) is 0 Å². The van der Waals surface area contributed by atoms with E-state index >= 15 is 0 Å². The van der Waals surface area contributed by atoms with Crippen LogP contribution < -0.4 is 5.32 Å². The molecular weight excluding hydrogens is 224 g/mol. The molecule has 3 nitrogen and oxygen atoms in total. The number of piperidine rings is 1. The molecule has 0 aromatic rings. The summed E-state index contributed by atoms with van der Waals surface area (Å²) in [6, 6.07) is 1.40. The smallest absolute Gasteiger partial charge is 0.0480 e. The molecule has 0 unspecified atom stereocenters. The molecule has 1 N–H and O–H groups in total. The van der Waals surface area contributed by atoms with Gasteiger partial charge in [0.25, 0.3) is 0 Å². The van der Waals surface area contributed by atoms with Crippen LogP contribution in [0.4, 0.5) is 0 Å². The Balaban J connectivity index is 1.72. The lowest BCUT2D eigenvalue weighted by atomic mass is 9.79. The summed E-state index contributed by atoms with van der Waals surface area (Å²) in [5.74, 6) is 0. The predicted molar refractivity (Wildman–Crippen MR) is 75.9 cm³/mol. The van der Waals surface area contributed by atoms with E-state index in [-0.39, 0.29) is 0 Å². The highest BCUT2D eigenvalue weighted by Crippen LogP contribution is 2.31. The van der Waals surface area contributed by atoms with Crippen LogP contribution in [0.3, 0.4) is 0 Å². The molecule has 0 saturated carbocycles. The largest absolute Gasteiger partial charge is 0.381 e. The summed E-state index contributed by atoms with van der Waals surface area (Å²) in [4.78, 5) is 2.61. The molecule has 18 heavy (non-hydrogen) atoms. The summed E-state index contributed by atoms with van der Waals surface area (Å²) in [6.45, 7) is 12.7. The zero-order valence-corrected chi connectivity index (χ0v) is 12.4. The first-order valence-corrected chi connectivity index (χ1v) is 7.64. The van der Waals surface area contributed by atoms with Gasteiger partial charge in [0, 0.05) is 31.8 Å². The molecule has 0 aromatic carbocycles. The van der Waals surface area contributed by atoms with E-state index in [2.05, 4.69) is 31.0 Å². The van der Waals surface area contributed by atoms with Crippen LogP contribution in [0.15, 0.2) is 0 Å². The van der Waals surface area contributed by atoms with E-state index in [1.165, 1.54) is 45.3 Å². The number of rotatable bonds is 4. The monoisotopic (exact) mass is 254 g/mol. The van der Waals surface area contributed by atoms with Gasteiger partial charge in [-0.15, -0.1) is 0 Å². The van der Waals surface area contributed by atoms with Gasteiger partial charge in [-0.2, -0.15) is 0 Å². The maximum Gasteiger partial charge on any atom is 0.0480 e. The van der Waals surface area contributed by atoms with Gasteiger partial charge in [-0.05, 0) is 58.0 Å². The van der Waals surface area contributed by atoms with Crippen LogP contribution in [0.25, 0.3) is 0 Å². The van der Waals surface area contributed by atoms with Crippen molar-refractivity contribution in [3.8, 4) is 0 Å². The van der Waals surface area contributed by atoms with Gasteiger partial charge < -0.3 is 15.0 Å². The van der Waals surface area contributed by atoms with Crippen molar-refractivity contribution in [3.05, 3.63) is 0 Å². The molecule has 2 fully saturated rings. The van der Waals surface area contributed by atoms with Crippen LogP contribution in [0.1, 0.15) is 46.5 Å². The SMILES string of the molecule is CC(C)N1CCC(C)(CNC2CCOCC2)CC1. The molecule has 0 atom stereocenters. The van der Waals surface area contributed by atoms with E-state index in [0.717, 1.165) is 13.2 Å². The van der Waals surface area contributed by atoms with Gasteiger partial charge in [-0.3, -0.25) is 0 Å². The molecule has 106 valence electrons. The fourth-order valence-electron chi connectivity index (χ4n) is 3.05. The maximum absolute atomic E-state index is 5.41. The number of nitrogens with zero attached hydrogens (tertiary/aromatic N) is 1. The Bertz CT molecular complexity index is 241. The van der Waals surface area contributed by atoms with Crippen molar-refractivity contribution in [1.29, 1.82) is 0 Å². The third kappa shape index (κ3) is 3.94. The second kappa shape index (κ2) is 6.36. The van der Waals surface area contributed by atoms with Gasteiger partial charge in [0.1, 0.15) is 0 Å². The van der Waals surface area contributed by atoms with Gasteiger partial charge in [0.15, 0.2) is 0 Å². The Morgan fingerprint density at radius 3 is 2.39 bits per heavy atom. The van der Waals surface area contributed by atoms with Crippen LogP contribution in [0, 0.1) is 5.41 Å². The number of ether oxygens (including phenoxy) is 1. The molecule has 3 heteroatoms. The lowest BCUT2D eigenvalue weighted by Gasteiger charge is -2.42.